The molecule has 1 heterocycles. The van der Waals surface area contributed by atoms with Crippen LogP contribution in [0.2, 0.25) is 0 Å². The molecule has 0 aliphatic rings. The topological polar surface area (TPSA) is 72.9 Å². The first-order chi connectivity index (χ1) is 10.1. The molecule has 5 nitrogen and oxygen atoms in total. The maximum atomic E-state index is 12.9. The van der Waals surface area contributed by atoms with E-state index in [0.29, 0.717) is 18.7 Å². The van der Waals surface area contributed by atoms with Crippen molar-refractivity contribution < 1.29 is 9.18 Å². The Morgan fingerprint density at radius 3 is 2.71 bits per heavy atom. The molecule has 6 heteroatoms. The third-order valence-electron chi connectivity index (χ3n) is 3.24. The SMILES string of the molecule is Cc1c(C(=O)NCCCCN)cnn1-c1ccc(F)cc1. The molecular formula is C15H19FN4O. The fraction of sp³-hybridized carbons (Fsp3) is 0.333. The van der Waals surface area contributed by atoms with Gasteiger partial charge in [-0.25, -0.2) is 9.07 Å². The average Bonchev–Trinajstić information content (AvgIpc) is 2.86. The average molecular weight is 290 g/mol. The van der Waals surface area contributed by atoms with Crippen LogP contribution in [0.1, 0.15) is 28.9 Å². The van der Waals surface area contributed by atoms with E-state index in [1.807, 2.05) is 6.92 Å². The van der Waals surface area contributed by atoms with Crippen LogP contribution >= 0.6 is 0 Å². The minimum atomic E-state index is -0.304. The van der Waals surface area contributed by atoms with Crippen LogP contribution in [0, 0.1) is 12.7 Å². The number of nitrogens with two attached hydrogens (primary N) is 1. The third kappa shape index (κ3) is 3.66. The molecule has 0 aliphatic carbocycles. The van der Waals surface area contributed by atoms with Crippen molar-refractivity contribution in [2.45, 2.75) is 19.8 Å². The summed E-state index contributed by atoms with van der Waals surface area (Å²) in [5, 5.41) is 7.04. The Hall–Kier alpha value is -2.21. The van der Waals surface area contributed by atoms with Crippen molar-refractivity contribution in [3.05, 3.63) is 47.5 Å². The zero-order chi connectivity index (χ0) is 15.2. The van der Waals surface area contributed by atoms with Crippen LogP contribution in [0.3, 0.4) is 0 Å². The fourth-order valence-electron chi connectivity index (χ4n) is 2.04. The van der Waals surface area contributed by atoms with Crippen LogP contribution in [0.15, 0.2) is 30.5 Å². The minimum Gasteiger partial charge on any atom is -0.352 e. The molecule has 1 aromatic carbocycles. The smallest absolute Gasteiger partial charge is 0.254 e. The van der Waals surface area contributed by atoms with Gasteiger partial charge in [-0.3, -0.25) is 4.79 Å². The highest BCUT2D eigenvalue weighted by atomic mass is 19.1. The van der Waals surface area contributed by atoms with Gasteiger partial charge in [0.05, 0.1) is 23.1 Å². The van der Waals surface area contributed by atoms with Crippen LogP contribution in [0.5, 0.6) is 0 Å². The van der Waals surface area contributed by atoms with Crippen LogP contribution in [-0.2, 0) is 0 Å². The number of nitrogens with one attached hydrogen (secondary N) is 1. The number of carbonyl (C=O) groups excluding carboxylic acids is 1. The molecule has 0 fully saturated rings. The van der Waals surface area contributed by atoms with Gasteiger partial charge < -0.3 is 11.1 Å². The molecule has 1 amide bonds. The highest BCUT2D eigenvalue weighted by Gasteiger charge is 2.14. The summed E-state index contributed by atoms with van der Waals surface area (Å²) in [6.07, 6.45) is 3.26. The summed E-state index contributed by atoms with van der Waals surface area (Å²) in [7, 11) is 0. The summed E-state index contributed by atoms with van der Waals surface area (Å²) in [6, 6.07) is 5.97. The molecule has 0 spiro atoms. The summed E-state index contributed by atoms with van der Waals surface area (Å²) in [5.41, 5.74) is 7.37. The summed E-state index contributed by atoms with van der Waals surface area (Å²) in [4.78, 5) is 12.1. The molecule has 0 aliphatic heterocycles. The van der Waals surface area contributed by atoms with Crippen molar-refractivity contribution in [1.29, 1.82) is 0 Å². The van der Waals surface area contributed by atoms with E-state index >= 15 is 0 Å². The molecule has 112 valence electrons. The second kappa shape index (κ2) is 6.99. The first-order valence-corrected chi connectivity index (χ1v) is 6.92. The van der Waals surface area contributed by atoms with Crippen molar-refractivity contribution in [3.8, 4) is 5.69 Å². The lowest BCUT2D eigenvalue weighted by Crippen LogP contribution is -2.25. The van der Waals surface area contributed by atoms with Crippen molar-refractivity contribution in [1.82, 2.24) is 15.1 Å². The van der Waals surface area contributed by atoms with Crippen LogP contribution in [-0.4, -0.2) is 28.8 Å². The van der Waals surface area contributed by atoms with Crippen molar-refractivity contribution in [2.75, 3.05) is 13.1 Å². The van der Waals surface area contributed by atoms with E-state index in [2.05, 4.69) is 10.4 Å². The van der Waals surface area contributed by atoms with Gasteiger partial charge >= 0.3 is 0 Å². The number of benzene rings is 1. The third-order valence-corrected chi connectivity index (χ3v) is 3.24. The standard InChI is InChI=1S/C15H19FN4O/c1-11-14(15(21)18-9-3-2-8-17)10-19-20(11)13-6-4-12(16)5-7-13/h4-7,10H,2-3,8-9,17H2,1H3,(H,18,21). The lowest BCUT2D eigenvalue weighted by Gasteiger charge is -2.06. The lowest BCUT2D eigenvalue weighted by atomic mass is 10.2. The molecular weight excluding hydrogens is 271 g/mol. The number of hydrogen-bond acceptors (Lipinski definition) is 3. The molecule has 21 heavy (non-hydrogen) atoms. The number of unbranched alkanes of at least 4 members (excludes halogenated alkanes) is 1. The van der Waals surface area contributed by atoms with Gasteiger partial charge in [-0.15, -0.1) is 0 Å². The van der Waals surface area contributed by atoms with E-state index in [1.54, 1.807) is 16.8 Å². The number of aromatic nitrogens is 2. The van der Waals surface area contributed by atoms with Crippen LogP contribution in [0.4, 0.5) is 4.39 Å². The Morgan fingerprint density at radius 2 is 2.05 bits per heavy atom. The molecule has 0 unspecified atom stereocenters. The largest absolute Gasteiger partial charge is 0.352 e. The summed E-state index contributed by atoms with van der Waals surface area (Å²) in [6.45, 7) is 3.03. The normalized spacial score (nSPS) is 10.6. The summed E-state index contributed by atoms with van der Waals surface area (Å²) >= 11 is 0. The van der Waals surface area contributed by atoms with Crippen molar-refractivity contribution >= 4 is 5.91 Å². The Morgan fingerprint density at radius 1 is 1.33 bits per heavy atom. The first-order valence-electron chi connectivity index (χ1n) is 6.92. The van der Waals surface area contributed by atoms with Gasteiger partial charge in [0.15, 0.2) is 0 Å². The van der Waals surface area contributed by atoms with Gasteiger partial charge in [0.2, 0.25) is 0 Å². The Balaban J connectivity index is 2.09. The van der Waals surface area contributed by atoms with E-state index in [-0.39, 0.29) is 11.7 Å². The zero-order valence-electron chi connectivity index (χ0n) is 12.0. The van der Waals surface area contributed by atoms with E-state index < -0.39 is 0 Å². The van der Waals surface area contributed by atoms with Gasteiger partial charge in [-0.2, -0.15) is 5.10 Å². The molecule has 3 N–H and O–H groups in total. The van der Waals surface area contributed by atoms with Crippen LogP contribution < -0.4 is 11.1 Å². The summed E-state index contributed by atoms with van der Waals surface area (Å²) in [5.74, 6) is -0.459. The lowest BCUT2D eigenvalue weighted by molar-refractivity contribution is 0.0952. The monoisotopic (exact) mass is 290 g/mol. The van der Waals surface area contributed by atoms with E-state index in [9.17, 15) is 9.18 Å². The molecule has 0 bridgehead atoms. The predicted octanol–water partition coefficient (Wildman–Crippen LogP) is 1.79. The van der Waals surface area contributed by atoms with Gasteiger partial charge in [-0.1, -0.05) is 0 Å². The number of amides is 1. The molecule has 0 atom stereocenters. The van der Waals surface area contributed by atoms with E-state index in [4.69, 9.17) is 5.73 Å². The maximum absolute atomic E-state index is 12.9. The fourth-order valence-corrected chi connectivity index (χ4v) is 2.04. The predicted molar refractivity (Wildman–Crippen MR) is 78.9 cm³/mol. The zero-order valence-corrected chi connectivity index (χ0v) is 12.0. The molecule has 2 aromatic rings. The van der Waals surface area contributed by atoms with Crippen molar-refractivity contribution in [2.24, 2.45) is 5.73 Å². The number of nitrogens with zero attached hydrogens (tertiary/aromatic N) is 2. The highest BCUT2D eigenvalue weighted by molar-refractivity contribution is 5.95. The second-order valence-corrected chi connectivity index (χ2v) is 4.78. The summed E-state index contributed by atoms with van der Waals surface area (Å²) < 4.78 is 14.6. The second-order valence-electron chi connectivity index (χ2n) is 4.78. The Labute approximate surface area is 123 Å². The molecule has 0 radical (unpaired) electrons. The van der Waals surface area contributed by atoms with Gasteiger partial charge in [0.1, 0.15) is 5.82 Å². The number of hydrogen-bond donors (Lipinski definition) is 2. The van der Waals surface area contributed by atoms with Crippen LogP contribution in [0.25, 0.3) is 5.69 Å². The minimum absolute atomic E-state index is 0.155. The number of halogens is 1. The Bertz CT molecular complexity index is 607. The van der Waals surface area contributed by atoms with E-state index in [1.165, 1.54) is 18.3 Å². The molecule has 0 saturated carbocycles. The van der Waals surface area contributed by atoms with Gasteiger partial charge in [0, 0.05) is 6.54 Å². The maximum Gasteiger partial charge on any atom is 0.254 e. The van der Waals surface area contributed by atoms with Gasteiger partial charge in [-0.05, 0) is 50.6 Å². The number of carbonyl (C=O) groups is 1. The first kappa shape index (κ1) is 15.2. The molecule has 2 rings (SSSR count). The highest BCUT2D eigenvalue weighted by Crippen LogP contribution is 2.14. The Kier molecular flexibility index (Phi) is 5.05. The van der Waals surface area contributed by atoms with E-state index in [0.717, 1.165) is 24.2 Å². The molecule has 1 aromatic heterocycles. The number of rotatable bonds is 6. The van der Waals surface area contributed by atoms with Crippen molar-refractivity contribution in [3.63, 3.8) is 0 Å². The quantitative estimate of drug-likeness (QED) is 0.797. The molecule has 0 saturated heterocycles. The van der Waals surface area contributed by atoms with Gasteiger partial charge in [0.25, 0.3) is 5.91 Å².